The van der Waals surface area contributed by atoms with E-state index in [0.717, 1.165) is 38.8 Å². The predicted octanol–water partition coefficient (Wildman–Crippen LogP) is 5.99. The lowest BCUT2D eigenvalue weighted by Gasteiger charge is -2.39. The molecular formula is C21H44N2O. The summed E-state index contributed by atoms with van der Waals surface area (Å²) < 4.78 is 0. The van der Waals surface area contributed by atoms with E-state index in [1.54, 1.807) is 0 Å². The summed E-state index contributed by atoms with van der Waals surface area (Å²) in [6, 6.07) is -0.0304. The lowest BCUT2D eigenvalue weighted by Crippen LogP contribution is -2.38. The van der Waals surface area contributed by atoms with Crippen LogP contribution in [0, 0.1) is 21.7 Å². The van der Waals surface area contributed by atoms with Crippen LogP contribution in [-0.2, 0) is 0 Å². The Morgan fingerprint density at radius 1 is 0.625 bits per heavy atom. The third-order valence-corrected chi connectivity index (χ3v) is 6.59. The van der Waals surface area contributed by atoms with Gasteiger partial charge < -0.3 is 10.6 Å². The fourth-order valence-electron chi connectivity index (χ4n) is 2.28. The van der Waals surface area contributed by atoms with E-state index in [1.807, 2.05) is 0 Å². The number of hydrogen-bond donors (Lipinski definition) is 2. The van der Waals surface area contributed by atoms with E-state index in [1.165, 1.54) is 0 Å². The van der Waals surface area contributed by atoms with Crippen molar-refractivity contribution in [1.29, 1.82) is 0 Å². The van der Waals surface area contributed by atoms with Crippen molar-refractivity contribution in [3.63, 3.8) is 0 Å². The van der Waals surface area contributed by atoms with Gasteiger partial charge in [-0.3, -0.25) is 0 Å². The minimum atomic E-state index is -0.0304. The maximum Gasteiger partial charge on any atom is 0.314 e. The first-order chi connectivity index (χ1) is 10.6. The Labute approximate surface area is 151 Å². The molecular weight excluding hydrogens is 296 g/mol. The fraction of sp³-hybridized carbons (Fsp3) is 0.952. The number of carbonyl (C=O) groups excluding carboxylic acids is 1. The van der Waals surface area contributed by atoms with Gasteiger partial charge in [-0.25, -0.2) is 4.79 Å². The second-order valence-electron chi connectivity index (χ2n) is 10.7. The van der Waals surface area contributed by atoms with Crippen LogP contribution in [0.25, 0.3) is 0 Å². The molecule has 0 aromatic carbocycles. The molecule has 0 heterocycles. The normalized spacial score (nSPS) is 13.8. The van der Waals surface area contributed by atoms with Gasteiger partial charge in [-0.2, -0.15) is 0 Å². The molecule has 2 amide bonds. The molecule has 144 valence electrons. The summed E-state index contributed by atoms with van der Waals surface area (Å²) in [5.74, 6) is 0. The van der Waals surface area contributed by atoms with Crippen molar-refractivity contribution < 1.29 is 4.79 Å². The van der Waals surface area contributed by atoms with Crippen molar-refractivity contribution in [3.8, 4) is 0 Å². The molecule has 0 aliphatic rings. The maximum absolute atomic E-state index is 11.9. The number of nitrogens with one attached hydrogen (secondary N) is 2. The highest BCUT2D eigenvalue weighted by Crippen LogP contribution is 2.42. The zero-order valence-electron chi connectivity index (χ0n) is 18.2. The van der Waals surface area contributed by atoms with Crippen molar-refractivity contribution in [1.82, 2.24) is 10.6 Å². The largest absolute Gasteiger partial charge is 0.338 e. The zero-order chi connectivity index (χ0) is 19.2. The van der Waals surface area contributed by atoms with Crippen LogP contribution in [0.2, 0.25) is 0 Å². The van der Waals surface area contributed by atoms with Crippen molar-refractivity contribution >= 4 is 6.03 Å². The summed E-state index contributed by atoms with van der Waals surface area (Å²) in [4.78, 5) is 11.9. The molecule has 0 saturated heterocycles. The quantitative estimate of drug-likeness (QED) is 0.523. The Morgan fingerprint density at radius 3 is 1.17 bits per heavy atom. The average molecular weight is 341 g/mol. The Morgan fingerprint density at radius 2 is 0.917 bits per heavy atom. The zero-order valence-corrected chi connectivity index (χ0v) is 18.2. The first-order valence-corrected chi connectivity index (χ1v) is 9.62. The van der Waals surface area contributed by atoms with Crippen LogP contribution in [0.5, 0.6) is 0 Å². The molecule has 0 saturated carbocycles. The monoisotopic (exact) mass is 340 g/mol. The summed E-state index contributed by atoms with van der Waals surface area (Å²) >= 11 is 0. The summed E-state index contributed by atoms with van der Waals surface area (Å²) in [6.45, 7) is 24.4. The van der Waals surface area contributed by atoms with E-state index >= 15 is 0 Å². The number of hydrogen-bond acceptors (Lipinski definition) is 1. The molecule has 0 fully saturated rings. The van der Waals surface area contributed by atoms with Crippen LogP contribution in [-0.4, -0.2) is 19.1 Å². The molecule has 0 atom stereocenters. The topological polar surface area (TPSA) is 41.1 Å². The van der Waals surface area contributed by atoms with E-state index in [2.05, 4.69) is 79.9 Å². The van der Waals surface area contributed by atoms with Crippen LogP contribution >= 0.6 is 0 Å². The minimum absolute atomic E-state index is 0.0304. The highest BCUT2D eigenvalue weighted by atomic mass is 16.2. The van der Waals surface area contributed by atoms with Crippen molar-refractivity contribution in [2.75, 3.05) is 13.1 Å². The maximum atomic E-state index is 11.9. The van der Waals surface area contributed by atoms with Crippen molar-refractivity contribution in [3.05, 3.63) is 0 Å². The highest BCUT2D eigenvalue weighted by molar-refractivity contribution is 5.73. The van der Waals surface area contributed by atoms with Gasteiger partial charge in [-0.1, -0.05) is 69.2 Å². The second kappa shape index (κ2) is 8.58. The highest BCUT2D eigenvalue weighted by Gasteiger charge is 2.32. The summed E-state index contributed by atoms with van der Waals surface area (Å²) in [7, 11) is 0. The predicted molar refractivity (Wildman–Crippen MR) is 106 cm³/mol. The van der Waals surface area contributed by atoms with Gasteiger partial charge in [0.25, 0.3) is 0 Å². The van der Waals surface area contributed by atoms with Crippen LogP contribution in [0.4, 0.5) is 4.79 Å². The second-order valence-corrected chi connectivity index (χ2v) is 10.7. The van der Waals surface area contributed by atoms with E-state index in [-0.39, 0.29) is 27.7 Å². The summed E-state index contributed by atoms with van der Waals surface area (Å²) in [6.07, 6.45) is 4.29. The third-order valence-electron chi connectivity index (χ3n) is 6.59. The van der Waals surface area contributed by atoms with Crippen LogP contribution in [0.3, 0.4) is 0 Å². The Kier molecular flexibility index (Phi) is 8.32. The van der Waals surface area contributed by atoms with Gasteiger partial charge in [0.05, 0.1) is 0 Å². The molecule has 0 unspecified atom stereocenters. The Balaban J connectivity index is 3.90. The van der Waals surface area contributed by atoms with Crippen LogP contribution < -0.4 is 10.6 Å². The smallest absolute Gasteiger partial charge is 0.314 e. The molecule has 0 aromatic heterocycles. The number of rotatable bonds is 8. The van der Waals surface area contributed by atoms with Gasteiger partial charge in [0.2, 0.25) is 0 Å². The molecule has 3 heteroatoms. The van der Waals surface area contributed by atoms with Crippen molar-refractivity contribution in [2.24, 2.45) is 21.7 Å². The Bertz CT molecular complexity index is 348. The van der Waals surface area contributed by atoms with Gasteiger partial charge in [-0.15, -0.1) is 0 Å². The van der Waals surface area contributed by atoms with E-state index in [0.29, 0.717) is 0 Å². The molecule has 0 bridgehead atoms. The molecule has 0 radical (unpaired) electrons. The van der Waals surface area contributed by atoms with Gasteiger partial charge in [0.15, 0.2) is 0 Å². The Hall–Kier alpha value is -0.730. The van der Waals surface area contributed by atoms with Gasteiger partial charge in [0.1, 0.15) is 0 Å². The number of urea groups is 1. The average Bonchev–Trinajstić information content (AvgIpc) is 2.37. The molecule has 24 heavy (non-hydrogen) atoms. The summed E-state index contributed by atoms with van der Waals surface area (Å²) in [5.41, 5.74) is 1.14. The molecule has 0 aliphatic carbocycles. The number of carbonyl (C=O) groups is 1. The first-order valence-electron chi connectivity index (χ1n) is 9.62. The van der Waals surface area contributed by atoms with E-state index < -0.39 is 0 Å². The lowest BCUT2D eigenvalue weighted by atomic mass is 9.67. The molecule has 0 aromatic rings. The van der Waals surface area contributed by atoms with Gasteiger partial charge in [0, 0.05) is 13.1 Å². The standard InChI is InChI=1S/C21H44N2O/c1-18(2,3)20(7,8)13-11-15-22-17(24)23-16-12-14-21(9,10)19(4,5)6/h11-16H2,1-10H3,(H2,22,23,24). The summed E-state index contributed by atoms with van der Waals surface area (Å²) in [5, 5.41) is 5.97. The molecule has 0 spiro atoms. The third kappa shape index (κ3) is 7.90. The lowest BCUT2D eigenvalue weighted by molar-refractivity contribution is 0.116. The SMILES string of the molecule is CC(C)(C)C(C)(C)CCCNC(=O)NCCCC(C)(C)C(C)(C)C. The number of amides is 2. The molecule has 0 rings (SSSR count). The van der Waals surface area contributed by atoms with Crippen LogP contribution in [0.1, 0.15) is 94.9 Å². The minimum Gasteiger partial charge on any atom is -0.338 e. The molecule has 3 nitrogen and oxygen atoms in total. The first kappa shape index (κ1) is 23.3. The molecule has 0 aliphatic heterocycles. The van der Waals surface area contributed by atoms with Crippen LogP contribution in [0.15, 0.2) is 0 Å². The van der Waals surface area contributed by atoms with E-state index in [9.17, 15) is 4.79 Å². The van der Waals surface area contributed by atoms with Crippen molar-refractivity contribution in [2.45, 2.75) is 94.9 Å². The van der Waals surface area contributed by atoms with Gasteiger partial charge in [-0.05, 0) is 47.3 Å². The van der Waals surface area contributed by atoms with Gasteiger partial charge >= 0.3 is 6.03 Å². The molecule has 2 N–H and O–H groups in total. The van der Waals surface area contributed by atoms with E-state index in [4.69, 9.17) is 0 Å². The fourth-order valence-corrected chi connectivity index (χ4v) is 2.28.